The number of hydrogen-bond acceptors (Lipinski definition) is 3. The normalized spacial score (nSPS) is 19.8. The average Bonchev–Trinajstić information content (AvgIpc) is 3.08. The molecule has 5 rings (SSSR count). The molecule has 1 saturated heterocycles. The summed E-state index contributed by atoms with van der Waals surface area (Å²) in [6, 6.07) is 1.59. The number of benzene rings is 1. The lowest BCUT2D eigenvalue weighted by Crippen LogP contribution is -2.50. The standard InChI is InChI=1S/C23H20ClF3N4O/c1-11-9-28-10-15(19(11)24)23(32)31-13-4-3-5-18(31)21-14(8-13)22(30(2)29-21)12-6-16(25)20(27)17(26)7-12/h6-7,9-10,13,18H,3-5,8H2,1-2H3/t13-,18+/m0/s1. The molecule has 1 aromatic carbocycles. The van der Waals surface area contributed by atoms with E-state index in [2.05, 4.69) is 10.1 Å². The topological polar surface area (TPSA) is 51.0 Å². The second kappa shape index (κ2) is 7.62. The minimum absolute atomic E-state index is 0.108. The molecule has 5 nitrogen and oxygen atoms in total. The van der Waals surface area contributed by atoms with E-state index in [-0.39, 0.29) is 23.6 Å². The maximum atomic E-state index is 13.9. The van der Waals surface area contributed by atoms with Gasteiger partial charge in [-0.3, -0.25) is 14.5 Å². The summed E-state index contributed by atoms with van der Waals surface area (Å²) < 4.78 is 42.9. The largest absolute Gasteiger partial charge is 0.327 e. The van der Waals surface area contributed by atoms with E-state index in [1.165, 1.54) is 6.20 Å². The van der Waals surface area contributed by atoms with Crippen LogP contribution in [0.25, 0.3) is 11.3 Å². The molecule has 2 aliphatic rings. The fourth-order valence-electron chi connectivity index (χ4n) is 5.04. The van der Waals surface area contributed by atoms with E-state index >= 15 is 0 Å². The van der Waals surface area contributed by atoms with Crippen molar-refractivity contribution < 1.29 is 18.0 Å². The molecular weight excluding hydrogens is 441 g/mol. The van der Waals surface area contributed by atoms with E-state index < -0.39 is 17.5 Å². The van der Waals surface area contributed by atoms with E-state index in [9.17, 15) is 18.0 Å². The van der Waals surface area contributed by atoms with Gasteiger partial charge in [-0.25, -0.2) is 13.2 Å². The Morgan fingerprint density at radius 2 is 1.88 bits per heavy atom. The highest BCUT2D eigenvalue weighted by atomic mass is 35.5. The van der Waals surface area contributed by atoms with Gasteiger partial charge < -0.3 is 4.90 Å². The lowest BCUT2D eigenvalue weighted by Gasteiger charge is -2.45. The molecule has 0 spiro atoms. The first kappa shape index (κ1) is 21.0. The number of hydrogen-bond donors (Lipinski definition) is 0. The fourth-order valence-corrected chi connectivity index (χ4v) is 5.22. The number of pyridine rings is 1. The molecule has 0 N–H and O–H groups in total. The Bertz CT molecular complexity index is 1240. The Labute approximate surface area is 187 Å². The molecule has 4 heterocycles. The highest BCUT2D eigenvalue weighted by molar-refractivity contribution is 6.34. The monoisotopic (exact) mass is 460 g/mol. The predicted molar refractivity (Wildman–Crippen MR) is 113 cm³/mol. The van der Waals surface area contributed by atoms with E-state index in [0.29, 0.717) is 34.8 Å². The number of aryl methyl sites for hydroxylation is 2. The third kappa shape index (κ3) is 3.11. The molecule has 1 amide bonds. The van der Waals surface area contributed by atoms with Gasteiger partial charge in [0.1, 0.15) is 0 Å². The highest BCUT2D eigenvalue weighted by Crippen LogP contribution is 2.45. The van der Waals surface area contributed by atoms with Crippen LogP contribution in [0.15, 0.2) is 24.5 Å². The van der Waals surface area contributed by atoms with Crippen LogP contribution < -0.4 is 0 Å². The number of halogens is 4. The van der Waals surface area contributed by atoms with Crippen LogP contribution in [0.3, 0.4) is 0 Å². The van der Waals surface area contributed by atoms with Crippen LogP contribution in [0.2, 0.25) is 5.02 Å². The Hall–Kier alpha value is -2.87. The zero-order valence-electron chi connectivity index (χ0n) is 17.5. The molecule has 2 atom stereocenters. The van der Waals surface area contributed by atoms with Gasteiger partial charge in [0.2, 0.25) is 0 Å². The molecule has 0 unspecified atom stereocenters. The molecular formula is C23H20ClF3N4O. The number of nitrogens with zero attached hydrogens (tertiary/aromatic N) is 4. The van der Waals surface area contributed by atoms with E-state index in [0.717, 1.165) is 36.1 Å². The summed E-state index contributed by atoms with van der Waals surface area (Å²) >= 11 is 6.41. The number of amides is 1. The van der Waals surface area contributed by atoms with Gasteiger partial charge in [0.25, 0.3) is 5.91 Å². The first-order chi connectivity index (χ1) is 15.3. The average molecular weight is 461 g/mol. The molecule has 0 aliphatic carbocycles. The first-order valence-electron chi connectivity index (χ1n) is 10.4. The number of aromatic nitrogens is 3. The van der Waals surface area contributed by atoms with Gasteiger partial charge in [-0.2, -0.15) is 5.10 Å². The van der Waals surface area contributed by atoms with Crippen molar-refractivity contribution in [2.45, 2.75) is 44.7 Å². The maximum Gasteiger partial charge on any atom is 0.257 e. The van der Waals surface area contributed by atoms with Crippen LogP contribution in [-0.4, -0.2) is 31.6 Å². The number of piperidine rings is 1. The van der Waals surface area contributed by atoms with Crippen molar-refractivity contribution in [2.24, 2.45) is 7.05 Å². The van der Waals surface area contributed by atoms with Crippen molar-refractivity contribution in [1.29, 1.82) is 0 Å². The van der Waals surface area contributed by atoms with Crippen LogP contribution in [0.1, 0.15) is 52.5 Å². The summed E-state index contributed by atoms with van der Waals surface area (Å²) in [7, 11) is 1.68. The van der Waals surface area contributed by atoms with Crippen molar-refractivity contribution in [1.82, 2.24) is 19.7 Å². The molecule has 2 aromatic heterocycles. The van der Waals surface area contributed by atoms with Gasteiger partial charge in [0, 0.05) is 36.6 Å². The van der Waals surface area contributed by atoms with Gasteiger partial charge >= 0.3 is 0 Å². The molecule has 32 heavy (non-hydrogen) atoms. The zero-order chi connectivity index (χ0) is 22.7. The van der Waals surface area contributed by atoms with Crippen molar-refractivity contribution in [3.05, 3.63) is 69.4 Å². The molecule has 3 aromatic rings. The molecule has 0 saturated carbocycles. The number of fused-ring (bicyclic) bond motifs is 4. The van der Waals surface area contributed by atoms with Gasteiger partial charge in [-0.1, -0.05) is 11.6 Å². The molecule has 2 aliphatic heterocycles. The van der Waals surface area contributed by atoms with Crippen molar-refractivity contribution in [3.63, 3.8) is 0 Å². The Balaban J connectivity index is 1.61. The summed E-state index contributed by atoms with van der Waals surface area (Å²) in [6.07, 6.45) is 6.02. The van der Waals surface area contributed by atoms with Gasteiger partial charge in [-0.15, -0.1) is 0 Å². The smallest absolute Gasteiger partial charge is 0.257 e. The Morgan fingerprint density at radius 3 is 2.59 bits per heavy atom. The minimum Gasteiger partial charge on any atom is -0.327 e. The Morgan fingerprint density at radius 1 is 1.16 bits per heavy atom. The lowest BCUT2D eigenvalue weighted by molar-refractivity contribution is 0.0391. The lowest BCUT2D eigenvalue weighted by atomic mass is 9.81. The van der Waals surface area contributed by atoms with Crippen molar-refractivity contribution in [3.8, 4) is 11.3 Å². The van der Waals surface area contributed by atoms with Crippen LogP contribution in [-0.2, 0) is 13.5 Å². The zero-order valence-corrected chi connectivity index (χ0v) is 18.3. The first-order valence-corrected chi connectivity index (χ1v) is 10.8. The number of rotatable bonds is 2. The minimum atomic E-state index is -1.50. The van der Waals surface area contributed by atoms with Crippen LogP contribution >= 0.6 is 11.6 Å². The summed E-state index contributed by atoms with van der Waals surface area (Å²) in [4.78, 5) is 19.5. The Kier molecular flexibility index (Phi) is 5.00. The quantitative estimate of drug-likeness (QED) is 0.497. The van der Waals surface area contributed by atoms with Crippen LogP contribution in [0.4, 0.5) is 13.2 Å². The second-order valence-corrected chi connectivity index (χ2v) is 8.80. The predicted octanol–water partition coefficient (Wildman–Crippen LogP) is 5.15. The summed E-state index contributed by atoms with van der Waals surface area (Å²) in [5.74, 6) is -4.19. The van der Waals surface area contributed by atoms with Crippen LogP contribution in [0.5, 0.6) is 0 Å². The van der Waals surface area contributed by atoms with E-state index in [4.69, 9.17) is 11.6 Å². The number of carbonyl (C=O) groups is 1. The van der Waals surface area contributed by atoms with Gasteiger partial charge in [0.05, 0.1) is 28.0 Å². The highest BCUT2D eigenvalue weighted by Gasteiger charge is 2.44. The maximum absolute atomic E-state index is 13.9. The van der Waals surface area contributed by atoms with E-state index in [1.54, 1.807) is 24.9 Å². The van der Waals surface area contributed by atoms with Gasteiger partial charge in [-0.05, 0) is 50.3 Å². The van der Waals surface area contributed by atoms with E-state index in [1.807, 2.05) is 4.90 Å². The van der Waals surface area contributed by atoms with Crippen LogP contribution in [0, 0.1) is 24.4 Å². The molecule has 1 fully saturated rings. The molecule has 9 heteroatoms. The SMILES string of the molecule is Cc1cncc(C(=O)N2[C@H]3CCC[C@@H]2c2nn(C)c(-c4cc(F)c(F)c(F)c4)c2C3)c1Cl. The molecule has 166 valence electrons. The van der Waals surface area contributed by atoms with Crippen molar-refractivity contribution in [2.75, 3.05) is 0 Å². The second-order valence-electron chi connectivity index (χ2n) is 8.42. The third-order valence-electron chi connectivity index (χ3n) is 6.45. The molecule has 2 bridgehead atoms. The van der Waals surface area contributed by atoms with Crippen molar-refractivity contribution >= 4 is 17.5 Å². The molecule has 0 radical (unpaired) electrons. The number of carbonyl (C=O) groups excluding carboxylic acids is 1. The van der Waals surface area contributed by atoms with Gasteiger partial charge in [0.15, 0.2) is 17.5 Å². The summed E-state index contributed by atoms with van der Waals surface area (Å²) in [5, 5.41) is 5.01. The fraction of sp³-hybridized carbons (Fsp3) is 0.348. The third-order valence-corrected chi connectivity index (χ3v) is 6.95. The summed E-state index contributed by atoms with van der Waals surface area (Å²) in [6.45, 7) is 1.80. The summed E-state index contributed by atoms with van der Waals surface area (Å²) in [5.41, 5.74) is 3.38.